The fourth-order valence-corrected chi connectivity index (χ4v) is 3.31. The van der Waals surface area contributed by atoms with Crippen LogP contribution >= 0.6 is 0 Å². The fraction of sp³-hybridized carbons (Fsp3) is 0.182. The van der Waals surface area contributed by atoms with Crippen LogP contribution in [0.1, 0.15) is 23.6 Å². The molecule has 27 heavy (non-hydrogen) atoms. The predicted molar refractivity (Wildman–Crippen MR) is 104 cm³/mol. The number of hydrogen-bond acceptors (Lipinski definition) is 4. The minimum absolute atomic E-state index is 0.131. The molecule has 0 radical (unpaired) electrons. The van der Waals surface area contributed by atoms with Crippen LogP contribution in [-0.2, 0) is 14.3 Å². The van der Waals surface area contributed by atoms with Crippen LogP contribution in [0.25, 0.3) is 6.08 Å². The fourth-order valence-electron chi connectivity index (χ4n) is 3.31. The highest BCUT2D eigenvalue weighted by molar-refractivity contribution is 6.23. The van der Waals surface area contributed by atoms with Crippen molar-refractivity contribution < 1.29 is 19.4 Å². The summed E-state index contributed by atoms with van der Waals surface area (Å²) in [5.74, 6) is -0.713. The lowest BCUT2D eigenvalue weighted by molar-refractivity contribution is -0.136. The number of benzene rings is 2. The van der Waals surface area contributed by atoms with Crippen molar-refractivity contribution in [2.24, 2.45) is 0 Å². The van der Waals surface area contributed by atoms with Crippen molar-refractivity contribution in [3.8, 4) is 5.75 Å². The standard InChI is InChI=1S/C22H21NO4/c1-13-9-14(2)11-17(10-13)23-15(3)20(22(26)27-4)19(21(23)25)12-16-5-7-18(24)8-6-16/h5-12,24H,1-4H3/b19-12-. The number of ether oxygens (including phenoxy) is 1. The van der Waals surface area contributed by atoms with Gasteiger partial charge in [0, 0.05) is 11.4 Å². The number of methoxy groups -OCH3 is 1. The Balaban J connectivity index is 2.15. The molecular weight excluding hydrogens is 342 g/mol. The van der Waals surface area contributed by atoms with Crippen molar-refractivity contribution in [1.29, 1.82) is 0 Å². The van der Waals surface area contributed by atoms with Gasteiger partial charge in [-0.3, -0.25) is 9.69 Å². The Morgan fingerprint density at radius 3 is 2.19 bits per heavy atom. The Morgan fingerprint density at radius 2 is 1.63 bits per heavy atom. The summed E-state index contributed by atoms with van der Waals surface area (Å²) in [5.41, 5.74) is 4.52. The second kappa shape index (κ2) is 7.11. The van der Waals surface area contributed by atoms with E-state index in [0.29, 0.717) is 16.9 Å². The van der Waals surface area contributed by atoms with Crippen LogP contribution in [0.3, 0.4) is 0 Å². The van der Waals surface area contributed by atoms with Crippen molar-refractivity contribution in [3.63, 3.8) is 0 Å². The number of amides is 1. The molecule has 0 unspecified atom stereocenters. The van der Waals surface area contributed by atoms with Gasteiger partial charge in [-0.2, -0.15) is 0 Å². The van der Waals surface area contributed by atoms with E-state index in [0.717, 1.165) is 11.1 Å². The molecule has 2 aromatic rings. The molecule has 1 heterocycles. The summed E-state index contributed by atoms with van der Waals surface area (Å²) >= 11 is 0. The van der Waals surface area contributed by atoms with Gasteiger partial charge in [0.15, 0.2) is 0 Å². The van der Waals surface area contributed by atoms with Crippen LogP contribution in [-0.4, -0.2) is 24.1 Å². The second-order valence-corrected chi connectivity index (χ2v) is 6.59. The monoisotopic (exact) mass is 363 g/mol. The molecule has 0 bridgehead atoms. The first kappa shape index (κ1) is 18.5. The van der Waals surface area contributed by atoms with Crippen molar-refractivity contribution in [1.82, 2.24) is 0 Å². The summed E-state index contributed by atoms with van der Waals surface area (Å²) in [5, 5.41) is 9.45. The number of esters is 1. The average Bonchev–Trinajstić information content (AvgIpc) is 2.85. The van der Waals surface area contributed by atoms with Gasteiger partial charge >= 0.3 is 5.97 Å². The number of carbonyl (C=O) groups is 2. The van der Waals surface area contributed by atoms with Crippen LogP contribution in [0.4, 0.5) is 5.69 Å². The Kier molecular flexibility index (Phi) is 4.86. The molecule has 2 aromatic carbocycles. The first-order valence-corrected chi connectivity index (χ1v) is 8.55. The van der Waals surface area contributed by atoms with Gasteiger partial charge in [0.25, 0.3) is 5.91 Å². The van der Waals surface area contributed by atoms with Crippen LogP contribution in [0.5, 0.6) is 5.75 Å². The topological polar surface area (TPSA) is 66.8 Å². The zero-order valence-electron chi connectivity index (χ0n) is 15.7. The van der Waals surface area contributed by atoms with E-state index in [2.05, 4.69) is 0 Å². The molecule has 0 fully saturated rings. The van der Waals surface area contributed by atoms with Crippen molar-refractivity contribution in [3.05, 3.63) is 76.0 Å². The summed E-state index contributed by atoms with van der Waals surface area (Å²) in [7, 11) is 1.30. The smallest absolute Gasteiger partial charge is 0.340 e. The third-order valence-electron chi connectivity index (χ3n) is 4.46. The highest BCUT2D eigenvalue weighted by Crippen LogP contribution is 2.36. The zero-order valence-corrected chi connectivity index (χ0v) is 15.7. The number of hydrogen-bond donors (Lipinski definition) is 1. The number of phenolic OH excluding ortho intramolecular Hbond substituents is 1. The lowest BCUT2D eigenvalue weighted by Gasteiger charge is -2.19. The molecule has 0 atom stereocenters. The van der Waals surface area contributed by atoms with E-state index in [1.54, 1.807) is 30.0 Å². The van der Waals surface area contributed by atoms with E-state index >= 15 is 0 Å². The Bertz CT molecular complexity index is 964. The molecule has 5 heteroatoms. The largest absolute Gasteiger partial charge is 0.508 e. The maximum atomic E-state index is 13.2. The van der Waals surface area contributed by atoms with Gasteiger partial charge in [-0.15, -0.1) is 0 Å². The van der Waals surface area contributed by atoms with Gasteiger partial charge in [0.1, 0.15) is 5.75 Å². The maximum Gasteiger partial charge on any atom is 0.340 e. The minimum atomic E-state index is -0.558. The number of allylic oxidation sites excluding steroid dienone is 1. The summed E-state index contributed by atoms with van der Waals surface area (Å²) in [6, 6.07) is 12.3. The van der Waals surface area contributed by atoms with Crippen LogP contribution in [0.15, 0.2) is 59.3 Å². The number of anilines is 1. The summed E-state index contributed by atoms with van der Waals surface area (Å²) in [6.07, 6.45) is 1.64. The van der Waals surface area contributed by atoms with Crippen molar-refractivity contribution >= 4 is 23.6 Å². The Labute approximate surface area is 158 Å². The molecule has 1 amide bonds. The van der Waals surface area contributed by atoms with E-state index < -0.39 is 5.97 Å². The molecule has 138 valence electrons. The highest BCUT2D eigenvalue weighted by atomic mass is 16.5. The third-order valence-corrected chi connectivity index (χ3v) is 4.46. The molecule has 5 nitrogen and oxygen atoms in total. The lowest BCUT2D eigenvalue weighted by Crippen LogP contribution is -2.24. The number of aromatic hydroxyl groups is 1. The van der Waals surface area contributed by atoms with Gasteiger partial charge in [-0.25, -0.2) is 4.79 Å². The van der Waals surface area contributed by atoms with Crippen LogP contribution in [0, 0.1) is 13.8 Å². The molecular formula is C22H21NO4. The summed E-state index contributed by atoms with van der Waals surface area (Å²) in [6.45, 7) is 5.66. The zero-order chi connectivity index (χ0) is 19.7. The number of aryl methyl sites for hydroxylation is 2. The lowest BCUT2D eigenvalue weighted by atomic mass is 10.0. The van der Waals surface area contributed by atoms with Crippen molar-refractivity contribution in [2.75, 3.05) is 12.0 Å². The van der Waals surface area contributed by atoms with Gasteiger partial charge in [-0.1, -0.05) is 18.2 Å². The second-order valence-electron chi connectivity index (χ2n) is 6.59. The number of carbonyl (C=O) groups excluding carboxylic acids is 2. The molecule has 0 spiro atoms. The third kappa shape index (κ3) is 3.49. The first-order chi connectivity index (χ1) is 12.8. The molecule has 0 saturated heterocycles. The van der Waals surface area contributed by atoms with Gasteiger partial charge in [0.05, 0.1) is 18.3 Å². The Hall–Kier alpha value is -3.34. The molecule has 1 N–H and O–H groups in total. The van der Waals surface area contributed by atoms with Crippen molar-refractivity contribution in [2.45, 2.75) is 20.8 Å². The van der Waals surface area contributed by atoms with Crippen LogP contribution in [0.2, 0.25) is 0 Å². The first-order valence-electron chi connectivity index (χ1n) is 8.55. The molecule has 1 aliphatic heterocycles. The number of nitrogens with zero attached hydrogens (tertiary/aromatic N) is 1. The van der Waals surface area contributed by atoms with Crippen LogP contribution < -0.4 is 4.90 Å². The highest BCUT2D eigenvalue weighted by Gasteiger charge is 2.37. The number of rotatable bonds is 3. The quantitative estimate of drug-likeness (QED) is 0.664. The van der Waals surface area contributed by atoms with E-state index in [1.165, 1.54) is 19.2 Å². The Morgan fingerprint density at radius 1 is 1.04 bits per heavy atom. The minimum Gasteiger partial charge on any atom is -0.508 e. The summed E-state index contributed by atoms with van der Waals surface area (Å²) in [4.78, 5) is 27.1. The predicted octanol–water partition coefficient (Wildman–Crippen LogP) is 3.89. The van der Waals surface area contributed by atoms with Gasteiger partial charge < -0.3 is 9.84 Å². The SMILES string of the molecule is COC(=O)C1=C(C)N(c2cc(C)cc(C)c2)C(=O)/C1=C\c1ccc(O)cc1. The van der Waals surface area contributed by atoms with Gasteiger partial charge in [0.2, 0.25) is 0 Å². The van der Waals surface area contributed by atoms with E-state index in [4.69, 9.17) is 4.74 Å². The maximum absolute atomic E-state index is 13.2. The normalized spacial score (nSPS) is 15.6. The molecule has 3 rings (SSSR count). The molecule has 1 aliphatic rings. The molecule has 0 aromatic heterocycles. The van der Waals surface area contributed by atoms with E-state index in [9.17, 15) is 14.7 Å². The average molecular weight is 363 g/mol. The number of phenols is 1. The summed E-state index contributed by atoms with van der Waals surface area (Å²) < 4.78 is 4.92. The van der Waals surface area contributed by atoms with E-state index in [1.807, 2.05) is 32.0 Å². The van der Waals surface area contributed by atoms with Gasteiger partial charge in [-0.05, 0) is 67.8 Å². The molecule has 0 aliphatic carbocycles. The molecule has 0 saturated carbocycles. The van der Waals surface area contributed by atoms with E-state index in [-0.39, 0.29) is 22.8 Å².